The van der Waals surface area contributed by atoms with Gasteiger partial charge in [0.1, 0.15) is 0 Å². The number of rotatable bonds is 1. The fourth-order valence-electron chi connectivity index (χ4n) is 1.83. The third-order valence-corrected chi connectivity index (χ3v) is 2.79. The van der Waals surface area contributed by atoms with Crippen molar-refractivity contribution in [3.05, 3.63) is 41.1 Å². The topological polar surface area (TPSA) is 39.2 Å². The molecule has 3 nitrogen and oxygen atoms in total. The molecule has 2 aromatic rings. The lowest BCUT2D eigenvalue weighted by atomic mass is 10.0. The van der Waals surface area contributed by atoms with Gasteiger partial charge in [0.05, 0.1) is 18.2 Å². The van der Waals surface area contributed by atoms with Gasteiger partial charge in [-0.2, -0.15) is 0 Å². The molecule has 0 N–H and O–H groups in total. The van der Waals surface area contributed by atoms with Crippen LogP contribution in [0.5, 0.6) is 0 Å². The smallest absolute Gasteiger partial charge is 0.338 e. The van der Waals surface area contributed by atoms with E-state index in [1.807, 2.05) is 26.0 Å². The Morgan fingerprint density at radius 3 is 2.69 bits per heavy atom. The molecule has 0 radical (unpaired) electrons. The van der Waals surface area contributed by atoms with Gasteiger partial charge in [0.25, 0.3) is 0 Å². The van der Waals surface area contributed by atoms with Crippen molar-refractivity contribution in [1.29, 1.82) is 0 Å². The number of methoxy groups -OCH3 is 1. The third kappa shape index (κ3) is 1.54. The summed E-state index contributed by atoms with van der Waals surface area (Å²) in [6.07, 6.45) is 1.76. The minimum absolute atomic E-state index is 0.317. The average Bonchev–Trinajstić information content (AvgIpc) is 2.30. The molecule has 0 fully saturated rings. The summed E-state index contributed by atoms with van der Waals surface area (Å²) in [5.74, 6) is -0.317. The lowest BCUT2D eigenvalue weighted by Gasteiger charge is -2.08. The summed E-state index contributed by atoms with van der Waals surface area (Å²) >= 11 is 0. The Morgan fingerprint density at radius 1 is 1.25 bits per heavy atom. The van der Waals surface area contributed by atoms with E-state index in [1.54, 1.807) is 12.3 Å². The molecule has 0 spiro atoms. The first-order valence-corrected chi connectivity index (χ1v) is 5.08. The van der Waals surface area contributed by atoms with Crippen molar-refractivity contribution >= 4 is 16.9 Å². The minimum atomic E-state index is -0.317. The van der Waals surface area contributed by atoms with E-state index < -0.39 is 0 Å². The summed E-state index contributed by atoms with van der Waals surface area (Å²) < 4.78 is 4.73. The van der Waals surface area contributed by atoms with Crippen LogP contribution in [-0.2, 0) is 4.74 Å². The summed E-state index contributed by atoms with van der Waals surface area (Å²) in [4.78, 5) is 15.8. The normalized spacial score (nSPS) is 10.4. The van der Waals surface area contributed by atoms with Gasteiger partial charge in [-0.3, -0.25) is 4.98 Å². The molecular formula is C13H13NO2. The summed E-state index contributed by atoms with van der Waals surface area (Å²) in [5, 5.41) is 1.08. The lowest BCUT2D eigenvalue weighted by Crippen LogP contribution is -2.04. The number of fused-ring (bicyclic) bond motifs is 1. The van der Waals surface area contributed by atoms with Gasteiger partial charge in [-0.25, -0.2) is 4.79 Å². The number of aromatic nitrogens is 1. The molecule has 0 saturated carbocycles. The first-order chi connectivity index (χ1) is 7.65. The standard InChI is InChI=1S/C13H13NO2/c1-8-6-7-14-12-9(2)11(13(15)16-3)5-4-10(8)12/h4-7H,1-3H3. The molecule has 1 aromatic heterocycles. The van der Waals surface area contributed by atoms with Crippen molar-refractivity contribution in [2.45, 2.75) is 13.8 Å². The number of carbonyl (C=O) groups is 1. The van der Waals surface area contributed by atoms with Crippen LogP contribution in [0.15, 0.2) is 24.4 Å². The summed E-state index contributed by atoms with van der Waals surface area (Å²) in [6.45, 7) is 3.92. The highest BCUT2D eigenvalue weighted by molar-refractivity contribution is 5.97. The second-order valence-electron chi connectivity index (χ2n) is 3.75. The van der Waals surface area contributed by atoms with E-state index in [9.17, 15) is 4.79 Å². The molecule has 0 unspecified atom stereocenters. The Morgan fingerprint density at radius 2 is 2.00 bits per heavy atom. The Kier molecular flexibility index (Phi) is 2.60. The predicted molar refractivity (Wildman–Crippen MR) is 62.6 cm³/mol. The fourth-order valence-corrected chi connectivity index (χ4v) is 1.83. The molecule has 0 aliphatic carbocycles. The van der Waals surface area contributed by atoms with Gasteiger partial charge in [0, 0.05) is 11.6 Å². The van der Waals surface area contributed by atoms with Crippen LogP contribution in [-0.4, -0.2) is 18.1 Å². The SMILES string of the molecule is COC(=O)c1ccc2c(C)ccnc2c1C. The van der Waals surface area contributed by atoms with Gasteiger partial charge in [-0.05, 0) is 37.1 Å². The first kappa shape index (κ1) is 10.6. The molecule has 82 valence electrons. The van der Waals surface area contributed by atoms with E-state index in [2.05, 4.69) is 4.98 Å². The number of hydrogen-bond donors (Lipinski definition) is 0. The second kappa shape index (κ2) is 3.93. The second-order valence-corrected chi connectivity index (χ2v) is 3.75. The van der Waals surface area contributed by atoms with Crippen molar-refractivity contribution in [2.24, 2.45) is 0 Å². The maximum Gasteiger partial charge on any atom is 0.338 e. The number of carbonyl (C=O) groups excluding carboxylic acids is 1. The van der Waals surface area contributed by atoms with Gasteiger partial charge in [0.15, 0.2) is 0 Å². The molecule has 2 rings (SSSR count). The van der Waals surface area contributed by atoms with Crippen molar-refractivity contribution < 1.29 is 9.53 Å². The predicted octanol–water partition coefficient (Wildman–Crippen LogP) is 2.64. The molecule has 3 heteroatoms. The van der Waals surface area contributed by atoms with Gasteiger partial charge in [-0.15, -0.1) is 0 Å². The molecule has 1 aromatic carbocycles. The fraction of sp³-hybridized carbons (Fsp3) is 0.231. The Bertz CT molecular complexity index is 561. The van der Waals surface area contributed by atoms with Gasteiger partial charge >= 0.3 is 5.97 Å². The van der Waals surface area contributed by atoms with Crippen LogP contribution in [0.2, 0.25) is 0 Å². The largest absolute Gasteiger partial charge is 0.465 e. The zero-order chi connectivity index (χ0) is 11.7. The lowest BCUT2D eigenvalue weighted by molar-refractivity contribution is 0.0600. The zero-order valence-corrected chi connectivity index (χ0v) is 9.57. The number of benzene rings is 1. The Labute approximate surface area is 94.1 Å². The van der Waals surface area contributed by atoms with E-state index in [-0.39, 0.29) is 5.97 Å². The maximum atomic E-state index is 11.5. The summed E-state index contributed by atoms with van der Waals surface area (Å²) in [5.41, 5.74) is 3.47. The molecule has 0 saturated heterocycles. The number of nitrogens with zero attached hydrogens (tertiary/aromatic N) is 1. The first-order valence-electron chi connectivity index (χ1n) is 5.08. The molecule has 0 atom stereocenters. The maximum absolute atomic E-state index is 11.5. The van der Waals surface area contributed by atoms with Crippen LogP contribution in [0.3, 0.4) is 0 Å². The minimum Gasteiger partial charge on any atom is -0.465 e. The quantitative estimate of drug-likeness (QED) is 0.686. The van der Waals surface area contributed by atoms with Crippen LogP contribution in [0.4, 0.5) is 0 Å². The molecule has 0 amide bonds. The summed E-state index contributed by atoms with van der Waals surface area (Å²) in [6, 6.07) is 5.66. The number of esters is 1. The van der Waals surface area contributed by atoms with Crippen molar-refractivity contribution in [3.63, 3.8) is 0 Å². The molecule has 0 bridgehead atoms. The van der Waals surface area contributed by atoms with Crippen LogP contribution in [0, 0.1) is 13.8 Å². The van der Waals surface area contributed by atoms with E-state index in [0.717, 1.165) is 22.0 Å². The zero-order valence-electron chi connectivity index (χ0n) is 9.57. The average molecular weight is 215 g/mol. The number of aryl methyl sites for hydroxylation is 2. The van der Waals surface area contributed by atoms with Crippen LogP contribution in [0.25, 0.3) is 10.9 Å². The monoisotopic (exact) mass is 215 g/mol. The van der Waals surface area contributed by atoms with E-state index in [1.165, 1.54) is 7.11 Å². The van der Waals surface area contributed by atoms with Gasteiger partial charge < -0.3 is 4.74 Å². The Hall–Kier alpha value is -1.90. The van der Waals surface area contributed by atoms with Crippen LogP contribution in [0.1, 0.15) is 21.5 Å². The summed E-state index contributed by atoms with van der Waals surface area (Å²) in [7, 11) is 1.38. The van der Waals surface area contributed by atoms with E-state index >= 15 is 0 Å². The highest BCUT2D eigenvalue weighted by Crippen LogP contribution is 2.22. The number of pyridine rings is 1. The molecular weight excluding hydrogens is 202 g/mol. The molecule has 1 heterocycles. The third-order valence-electron chi connectivity index (χ3n) is 2.79. The van der Waals surface area contributed by atoms with Gasteiger partial charge in [-0.1, -0.05) is 6.07 Å². The van der Waals surface area contributed by atoms with E-state index in [4.69, 9.17) is 4.74 Å². The van der Waals surface area contributed by atoms with Crippen molar-refractivity contribution in [2.75, 3.05) is 7.11 Å². The Balaban J connectivity index is 2.75. The van der Waals surface area contributed by atoms with Crippen LogP contribution < -0.4 is 0 Å². The van der Waals surface area contributed by atoms with Crippen LogP contribution >= 0.6 is 0 Å². The molecule has 16 heavy (non-hydrogen) atoms. The molecule has 0 aliphatic heterocycles. The highest BCUT2D eigenvalue weighted by atomic mass is 16.5. The van der Waals surface area contributed by atoms with E-state index in [0.29, 0.717) is 5.56 Å². The number of hydrogen-bond acceptors (Lipinski definition) is 3. The van der Waals surface area contributed by atoms with Crippen molar-refractivity contribution in [3.8, 4) is 0 Å². The van der Waals surface area contributed by atoms with Crippen molar-refractivity contribution in [1.82, 2.24) is 4.98 Å². The number of ether oxygens (including phenoxy) is 1. The van der Waals surface area contributed by atoms with Gasteiger partial charge in [0.2, 0.25) is 0 Å². The highest BCUT2D eigenvalue weighted by Gasteiger charge is 2.12. The molecule has 0 aliphatic rings.